The van der Waals surface area contributed by atoms with Gasteiger partial charge in [-0.25, -0.2) is 0 Å². The first-order valence-electron chi connectivity index (χ1n) is 10.4. The lowest BCUT2D eigenvalue weighted by atomic mass is 10.2. The molecule has 3 aromatic rings. The van der Waals surface area contributed by atoms with Crippen LogP contribution in [0.5, 0.6) is 5.75 Å². The van der Waals surface area contributed by atoms with Gasteiger partial charge in [0.05, 0.1) is 16.8 Å². The highest BCUT2D eigenvalue weighted by Gasteiger charge is 2.17. The van der Waals surface area contributed by atoms with Crippen molar-refractivity contribution < 1.29 is 14.3 Å². The zero-order valence-corrected chi connectivity index (χ0v) is 20.3. The molecule has 1 amide bonds. The Bertz CT molecular complexity index is 1340. The minimum atomic E-state index is -0.593. The first kappa shape index (κ1) is 24.5. The molecule has 0 fully saturated rings. The van der Waals surface area contributed by atoms with E-state index < -0.39 is 5.91 Å². The monoisotopic (exact) mass is 483 g/mol. The number of rotatable bonds is 9. The van der Waals surface area contributed by atoms with Gasteiger partial charge in [-0.3, -0.25) is 14.2 Å². The van der Waals surface area contributed by atoms with Crippen molar-refractivity contribution in [1.29, 1.82) is 5.26 Å². The molecule has 0 unspecified atom stereocenters. The van der Waals surface area contributed by atoms with E-state index in [2.05, 4.69) is 5.32 Å². The molecule has 7 nitrogen and oxygen atoms in total. The summed E-state index contributed by atoms with van der Waals surface area (Å²) in [5, 5.41) is 12.6. The fraction of sp³-hybridized carbons (Fsp3) is 0.292. The Morgan fingerprint density at radius 2 is 2.03 bits per heavy atom. The molecule has 0 aliphatic heterocycles. The van der Waals surface area contributed by atoms with Crippen LogP contribution < -0.4 is 24.8 Å². The maximum atomic E-state index is 13.2. The van der Waals surface area contributed by atoms with Crippen LogP contribution in [0, 0.1) is 18.3 Å². The van der Waals surface area contributed by atoms with E-state index in [-0.39, 0.29) is 11.1 Å². The summed E-state index contributed by atoms with van der Waals surface area (Å²) < 4.78 is 13.0. The number of para-hydroxylation sites is 2. The van der Waals surface area contributed by atoms with E-state index in [1.54, 1.807) is 48.8 Å². The third-order valence-electron chi connectivity index (χ3n) is 4.66. The normalized spacial score (nSPS) is 12.4. The molecule has 0 aliphatic rings. The van der Waals surface area contributed by atoms with Crippen molar-refractivity contribution in [3.8, 4) is 11.8 Å². The molecule has 0 spiro atoms. The Morgan fingerprint density at radius 1 is 1.24 bits per heavy atom. The lowest BCUT2D eigenvalue weighted by molar-refractivity contribution is -0.111. The van der Waals surface area contributed by atoms with E-state index in [1.165, 1.54) is 4.57 Å². The van der Waals surface area contributed by atoms with Crippen molar-refractivity contribution in [3.05, 3.63) is 65.7 Å². The van der Waals surface area contributed by atoms with Crippen LogP contribution in [-0.4, -0.2) is 30.8 Å². The van der Waals surface area contributed by atoms with E-state index >= 15 is 0 Å². The summed E-state index contributed by atoms with van der Waals surface area (Å²) in [6, 6.07) is 13.0. The number of thiazole rings is 1. The van der Waals surface area contributed by atoms with Crippen molar-refractivity contribution in [2.24, 2.45) is 0 Å². The van der Waals surface area contributed by atoms with Crippen molar-refractivity contribution in [2.45, 2.75) is 26.8 Å². The van der Waals surface area contributed by atoms with Crippen molar-refractivity contribution in [2.75, 3.05) is 25.6 Å². The number of carbonyl (C=O) groups is 1. The molecule has 1 aromatic carbocycles. The number of hydrogen-bond acceptors (Lipinski definition) is 7. The van der Waals surface area contributed by atoms with Crippen LogP contribution in [0.4, 0.5) is 5.69 Å². The molecule has 1 N–H and O–H groups in total. The number of hydrogen-bond donors (Lipinski definition) is 1. The number of aryl methyl sites for hydroxylation is 1. The van der Waals surface area contributed by atoms with Crippen LogP contribution in [0.25, 0.3) is 11.6 Å². The van der Waals surface area contributed by atoms with Crippen LogP contribution in [0.3, 0.4) is 0 Å². The van der Waals surface area contributed by atoms with Gasteiger partial charge >= 0.3 is 0 Å². The van der Waals surface area contributed by atoms with Gasteiger partial charge in [0.2, 0.25) is 0 Å². The second kappa shape index (κ2) is 11.6. The Kier molecular flexibility index (Phi) is 8.60. The summed E-state index contributed by atoms with van der Waals surface area (Å²) in [5.41, 5.74) is 0.109. The van der Waals surface area contributed by atoms with E-state index in [0.717, 1.165) is 21.1 Å². The topological polar surface area (TPSA) is 93.4 Å². The molecule has 0 radical (unpaired) electrons. The number of carbonyl (C=O) groups excluding carboxylic acids is 1. The van der Waals surface area contributed by atoms with Gasteiger partial charge in [-0.15, -0.1) is 22.7 Å². The highest BCUT2D eigenvalue weighted by atomic mass is 32.1. The first-order valence-corrected chi connectivity index (χ1v) is 12.1. The second-order valence-electron chi connectivity index (χ2n) is 7.04. The number of anilines is 1. The lowest BCUT2D eigenvalue weighted by Crippen LogP contribution is -2.34. The number of benzene rings is 1. The molecule has 0 saturated carbocycles. The summed E-state index contributed by atoms with van der Waals surface area (Å²) in [6.45, 7) is 5.08. The van der Waals surface area contributed by atoms with Crippen LogP contribution >= 0.6 is 22.7 Å². The second-order valence-corrected chi connectivity index (χ2v) is 9.39. The molecule has 0 saturated heterocycles. The number of nitrogens with one attached hydrogen (secondary N) is 1. The van der Waals surface area contributed by atoms with Crippen molar-refractivity contribution in [1.82, 2.24) is 4.57 Å². The molecule has 9 heteroatoms. The quantitative estimate of drug-likeness (QED) is 0.473. The maximum absolute atomic E-state index is 13.2. The van der Waals surface area contributed by atoms with Gasteiger partial charge in [0.1, 0.15) is 16.5 Å². The fourth-order valence-electron chi connectivity index (χ4n) is 3.17. The van der Waals surface area contributed by atoms with E-state index in [0.29, 0.717) is 46.8 Å². The highest BCUT2D eigenvalue weighted by Crippen LogP contribution is 2.24. The Hall–Kier alpha value is -3.19. The van der Waals surface area contributed by atoms with E-state index in [9.17, 15) is 14.9 Å². The Balaban J connectivity index is 2.11. The third-order valence-corrected chi connectivity index (χ3v) is 6.74. The number of amides is 1. The maximum Gasteiger partial charge on any atom is 0.269 e. The molecule has 33 heavy (non-hydrogen) atoms. The fourth-order valence-corrected chi connectivity index (χ4v) is 5.18. The molecule has 0 aliphatic carbocycles. The van der Waals surface area contributed by atoms with Gasteiger partial charge in [-0.1, -0.05) is 12.1 Å². The smallest absolute Gasteiger partial charge is 0.269 e. The van der Waals surface area contributed by atoms with Crippen LogP contribution in [-0.2, 0) is 16.1 Å². The Morgan fingerprint density at radius 3 is 2.70 bits per heavy atom. The number of aromatic nitrogens is 1. The first-order chi connectivity index (χ1) is 16.0. The predicted molar refractivity (Wildman–Crippen MR) is 132 cm³/mol. The van der Waals surface area contributed by atoms with Gasteiger partial charge in [-0.05, 0) is 50.6 Å². The van der Waals surface area contributed by atoms with Gasteiger partial charge in [0.25, 0.3) is 11.5 Å². The number of ether oxygens (including phenoxy) is 2. The molecule has 2 heterocycles. The molecule has 0 bridgehead atoms. The molecular weight excluding hydrogens is 458 g/mol. The number of methoxy groups -OCH3 is 1. The van der Waals surface area contributed by atoms with Crippen LogP contribution in [0.15, 0.2) is 41.2 Å². The minimum absolute atomic E-state index is 0.122. The number of nitrogens with zero attached hydrogens (tertiary/aromatic N) is 2. The van der Waals surface area contributed by atoms with E-state index in [1.807, 2.05) is 32.0 Å². The zero-order chi connectivity index (χ0) is 23.8. The minimum Gasteiger partial charge on any atom is -0.492 e. The van der Waals surface area contributed by atoms with Crippen molar-refractivity contribution >= 4 is 45.9 Å². The molecular formula is C24H25N3O4S2. The van der Waals surface area contributed by atoms with Crippen molar-refractivity contribution in [3.63, 3.8) is 0 Å². The Labute approximate surface area is 199 Å². The van der Waals surface area contributed by atoms with Crippen LogP contribution in [0.2, 0.25) is 0 Å². The molecule has 0 atom stereocenters. The lowest BCUT2D eigenvalue weighted by Gasteiger charge is -2.11. The van der Waals surface area contributed by atoms with Gasteiger partial charge in [-0.2, -0.15) is 5.26 Å². The molecule has 2 aromatic heterocycles. The van der Waals surface area contributed by atoms with Gasteiger partial charge < -0.3 is 14.8 Å². The number of nitriles is 1. The predicted octanol–water partition coefficient (Wildman–Crippen LogP) is 2.86. The van der Waals surface area contributed by atoms with Crippen LogP contribution in [0.1, 0.15) is 23.1 Å². The highest BCUT2D eigenvalue weighted by molar-refractivity contribution is 7.13. The average Bonchev–Trinajstić information content (AvgIpc) is 3.34. The zero-order valence-electron chi connectivity index (χ0n) is 18.7. The average molecular weight is 484 g/mol. The summed E-state index contributed by atoms with van der Waals surface area (Å²) in [6.07, 6.45) is 2.38. The summed E-state index contributed by atoms with van der Waals surface area (Å²) >= 11 is 2.72. The summed E-state index contributed by atoms with van der Waals surface area (Å²) in [7, 11) is 1.59. The van der Waals surface area contributed by atoms with Gasteiger partial charge in [0, 0.05) is 30.0 Å². The van der Waals surface area contributed by atoms with E-state index in [4.69, 9.17) is 9.47 Å². The van der Waals surface area contributed by atoms with Gasteiger partial charge in [0.15, 0.2) is 5.57 Å². The molecule has 172 valence electrons. The molecule has 3 rings (SSSR count). The number of thiophene rings is 1. The summed E-state index contributed by atoms with van der Waals surface area (Å²) in [4.78, 5) is 28.3. The third kappa shape index (κ3) is 5.99. The largest absolute Gasteiger partial charge is 0.492 e. The SMILES string of the molecule is CCOc1ccccc1NC(=O)/C(C#N)=c1\s/c(=C\c2ccc(C)s2)c(=O)n1CCCOC. The summed E-state index contributed by atoms with van der Waals surface area (Å²) in [5.74, 6) is -0.0821. The standard InChI is InChI=1S/C24H25N3O4S2/c1-4-31-20-9-6-5-8-19(20)26-22(28)18(15-25)24-27(12-7-13-30-3)23(29)21(33-24)14-17-11-10-16(2)32-17/h5-6,8-11,14H,4,7,12-13H2,1-3H3,(H,26,28)/b21-14-,24-18-.